The zero-order valence-corrected chi connectivity index (χ0v) is 16.0. The van der Waals surface area contributed by atoms with Gasteiger partial charge in [-0.05, 0) is 31.3 Å². The highest BCUT2D eigenvalue weighted by molar-refractivity contribution is 6.30. The molecular weight excluding hydrogens is 350 g/mol. The Bertz CT molecular complexity index is 882. The molecule has 4 rings (SSSR count). The van der Waals surface area contributed by atoms with Crippen molar-refractivity contribution in [2.75, 3.05) is 34.4 Å². The SMILES string of the molecule is C=C[C@]12CN(C)C[C@@H]1c1cc(Cl)ccc1Oc1cc(OC)c(OC)cc12. The number of halogens is 1. The van der Waals surface area contributed by atoms with E-state index in [4.69, 9.17) is 25.8 Å². The minimum absolute atomic E-state index is 0.193. The van der Waals surface area contributed by atoms with Crippen molar-refractivity contribution < 1.29 is 14.2 Å². The molecule has 1 fully saturated rings. The van der Waals surface area contributed by atoms with Crippen molar-refractivity contribution in [2.45, 2.75) is 11.3 Å². The molecule has 2 aliphatic rings. The van der Waals surface area contributed by atoms with Crippen LogP contribution in [0.25, 0.3) is 0 Å². The monoisotopic (exact) mass is 371 g/mol. The lowest BCUT2D eigenvalue weighted by atomic mass is 9.70. The van der Waals surface area contributed by atoms with Gasteiger partial charge in [-0.15, -0.1) is 6.58 Å². The minimum Gasteiger partial charge on any atom is -0.493 e. The van der Waals surface area contributed by atoms with Crippen LogP contribution in [0.1, 0.15) is 17.0 Å². The second kappa shape index (κ2) is 6.22. The van der Waals surface area contributed by atoms with Crippen LogP contribution in [0.15, 0.2) is 43.0 Å². The van der Waals surface area contributed by atoms with Gasteiger partial charge in [-0.3, -0.25) is 0 Å². The average molecular weight is 372 g/mol. The normalized spacial score (nSPS) is 23.9. The van der Waals surface area contributed by atoms with Crippen LogP contribution in [0.4, 0.5) is 0 Å². The van der Waals surface area contributed by atoms with E-state index in [1.54, 1.807) is 14.2 Å². The highest BCUT2D eigenvalue weighted by Crippen LogP contribution is 2.56. The number of methoxy groups -OCH3 is 2. The molecule has 2 aromatic rings. The molecule has 1 saturated heterocycles. The Morgan fingerprint density at radius 1 is 1.19 bits per heavy atom. The summed E-state index contributed by atoms with van der Waals surface area (Å²) < 4.78 is 17.4. The first-order valence-electron chi connectivity index (χ1n) is 8.58. The quantitative estimate of drug-likeness (QED) is 0.737. The number of hydrogen-bond donors (Lipinski definition) is 0. The molecule has 4 nitrogen and oxygen atoms in total. The molecule has 0 aromatic heterocycles. The molecule has 2 atom stereocenters. The van der Waals surface area contributed by atoms with E-state index in [1.807, 2.05) is 36.4 Å². The Morgan fingerprint density at radius 2 is 1.92 bits per heavy atom. The van der Waals surface area contributed by atoms with Crippen LogP contribution in [-0.2, 0) is 5.41 Å². The summed E-state index contributed by atoms with van der Waals surface area (Å²) in [5.41, 5.74) is 1.88. The van der Waals surface area contributed by atoms with E-state index in [-0.39, 0.29) is 11.3 Å². The second-order valence-corrected chi connectivity index (χ2v) is 7.42. The minimum atomic E-state index is -0.292. The van der Waals surface area contributed by atoms with Gasteiger partial charge in [0.05, 0.1) is 14.2 Å². The molecule has 26 heavy (non-hydrogen) atoms. The van der Waals surface area contributed by atoms with E-state index in [0.29, 0.717) is 16.5 Å². The molecule has 0 aliphatic carbocycles. The summed E-state index contributed by atoms with van der Waals surface area (Å²) in [6.45, 7) is 5.94. The number of ether oxygens (including phenoxy) is 3. The third-order valence-electron chi connectivity index (χ3n) is 5.57. The summed E-state index contributed by atoms with van der Waals surface area (Å²) in [7, 11) is 5.41. The summed E-state index contributed by atoms with van der Waals surface area (Å²) in [5, 5.41) is 0.709. The first kappa shape index (κ1) is 17.3. The van der Waals surface area contributed by atoms with E-state index >= 15 is 0 Å². The van der Waals surface area contributed by atoms with Crippen LogP contribution >= 0.6 is 11.6 Å². The predicted molar refractivity (Wildman–Crippen MR) is 103 cm³/mol. The molecule has 2 aliphatic heterocycles. The van der Waals surface area contributed by atoms with Gasteiger partial charge < -0.3 is 19.1 Å². The van der Waals surface area contributed by atoms with Gasteiger partial charge in [0.2, 0.25) is 0 Å². The van der Waals surface area contributed by atoms with Crippen LogP contribution in [0, 0.1) is 0 Å². The maximum atomic E-state index is 6.34. The lowest BCUT2D eigenvalue weighted by molar-refractivity contribution is 0.348. The molecule has 136 valence electrons. The summed E-state index contributed by atoms with van der Waals surface area (Å²) in [5.74, 6) is 3.12. The van der Waals surface area contributed by atoms with Gasteiger partial charge >= 0.3 is 0 Å². The zero-order valence-electron chi connectivity index (χ0n) is 15.2. The van der Waals surface area contributed by atoms with E-state index in [2.05, 4.69) is 18.5 Å². The van der Waals surface area contributed by atoms with Gasteiger partial charge in [0, 0.05) is 46.6 Å². The number of rotatable bonds is 3. The second-order valence-electron chi connectivity index (χ2n) is 6.98. The Kier molecular flexibility index (Phi) is 4.13. The fourth-order valence-electron chi connectivity index (χ4n) is 4.37. The van der Waals surface area contributed by atoms with Crippen LogP contribution in [0.5, 0.6) is 23.0 Å². The van der Waals surface area contributed by atoms with Gasteiger partial charge in [0.15, 0.2) is 11.5 Å². The molecule has 0 saturated carbocycles. The molecule has 0 spiro atoms. The van der Waals surface area contributed by atoms with Gasteiger partial charge in [-0.2, -0.15) is 0 Å². The lowest BCUT2D eigenvalue weighted by Gasteiger charge is -2.32. The Morgan fingerprint density at radius 3 is 2.62 bits per heavy atom. The summed E-state index contributed by atoms with van der Waals surface area (Å²) in [6.07, 6.45) is 2.05. The Balaban J connectivity index is 2.03. The van der Waals surface area contributed by atoms with Crippen molar-refractivity contribution in [2.24, 2.45) is 0 Å². The van der Waals surface area contributed by atoms with Crippen molar-refractivity contribution in [1.82, 2.24) is 4.90 Å². The topological polar surface area (TPSA) is 30.9 Å². The molecule has 5 heteroatoms. The smallest absolute Gasteiger partial charge is 0.164 e. The predicted octanol–water partition coefficient (Wildman–Crippen LogP) is 4.62. The van der Waals surface area contributed by atoms with Gasteiger partial charge in [0.25, 0.3) is 0 Å². The standard InChI is InChI=1S/C21H22ClNO3/c1-5-21-12-23(2)11-16(21)14-8-13(22)6-7-17(14)26-18-10-20(25-4)19(24-3)9-15(18)21/h5-10,16H,1,11-12H2,2-4H3/t16-,21-/m1/s1. The number of hydrogen-bond acceptors (Lipinski definition) is 4. The largest absolute Gasteiger partial charge is 0.493 e. The fourth-order valence-corrected chi connectivity index (χ4v) is 4.55. The Labute approximate surface area is 158 Å². The molecule has 2 aromatic carbocycles. The fraction of sp³-hybridized carbons (Fsp3) is 0.333. The zero-order chi connectivity index (χ0) is 18.5. The number of benzene rings is 2. The first-order valence-corrected chi connectivity index (χ1v) is 8.96. The van der Waals surface area contributed by atoms with E-state index in [9.17, 15) is 0 Å². The number of fused-ring (bicyclic) bond motifs is 5. The van der Waals surface area contributed by atoms with Crippen LogP contribution < -0.4 is 14.2 Å². The van der Waals surface area contributed by atoms with E-state index in [1.165, 1.54) is 0 Å². The maximum absolute atomic E-state index is 6.34. The van der Waals surface area contributed by atoms with Gasteiger partial charge in [-0.1, -0.05) is 17.7 Å². The molecule has 0 unspecified atom stereocenters. The van der Waals surface area contributed by atoms with Crippen LogP contribution in [-0.4, -0.2) is 39.3 Å². The van der Waals surface area contributed by atoms with Crippen molar-refractivity contribution in [1.29, 1.82) is 0 Å². The molecular formula is C21H22ClNO3. The third kappa shape index (κ3) is 2.40. The van der Waals surface area contributed by atoms with E-state index < -0.39 is 0 Å². The molecule has 0 radical (unpaired) electrons. The Hall–Kier alpha value is -2.17. The highest BCUT2D eigenvalue weighted by atomic mass is 35.5. The first-order chi connectivity index (χ1) is 12.5. The number of nitrogens with zero attached hydrogens (tertiary/aromatic N) is 1. The highest BCUT2D eigenvalue weighted by Gasteiger charge is 2.49. The van der Waals surface area contributed by atoms with Gasteiger partial charge in [0.1, 0.15) is 11.5 Å². The molecule has 0 bridgehead atoms. The number of likely N-dealkylation sites (tertiary alicyclic amines) is 1. The summed E-state index contributed by atoms with van der Waals surface area (Å²) in [6, 6.07) is 9.74. The van der Waals surface area contributed by atoms with Crippen LogP contribution in [0.2, 0.25) is 5.02 Å². The van der Waals surface area contributed by atoms with Crippen LogP contribution in [0.3, 0.4) is 0 Å². The molecule has 0 N–H and O–H groups in total. The maximum Gasteiger partial charge on any atom is 0.164 e. The van der Waals surface area contributed by atoms with Crippen molar-refractivity contribution in [3.63, 3.8) is 0 Å². The van der Waals surface area contributed by atoms with Crippen molar-refractivity contribution >= 4 is 11.6 Å². The lowest BCUT2D eigenvalue weighted by Crippen LogP contribution is -2.31. The van der Waals surface area contributed by atoms with Crippen molar-refractivity contribution in [3.8, 4) is 23.0 Å². The van der Waals surface area contributed by atoms with Crippen molar-refractivity contribution in [3.05, 3.63) is 59.1 Å². The summed E-state index contributed by atoms with van der Waals surface area (Å²) >= 11 is 6.32. The third-order valence-corrected chi connectivity index (χ3v) is 5.80. The van der Waals surface area contributed by atoms with E-state index in [0.717, 1.165) is 35.7 Å². The van der Waals surface area contributed by atoms with Gasteiger partial charge in [-0.25, -0.2) is 0 Å². The molecule has 2 heterocycles. The molecule has 0 amide bonds. The average Bonchev–Trinajstić information content (AvgIpc) is 2.95. The number of likely N-dealkylation sites (N-methyl/N-ethyl adjacent to an activating group) is 1. The summed E-state index contributed by atoms with van der Waals surface area (Å²) in [4.78, 5) is 2.32.